The van der Waals surface area contributed by atoms with Gasteiger partial charge < -0.3 is 5.11 Å². The van der Waals surface area contributed by atoms with Crippen molar-refractivity contribution < 1.29 is 9.90 Å². The van der Waals surface area contributed by atoms with Gasteiger partial charge in [0.1, 0.15) is 0 Å². The fourth-order valence-corrected chi connectivity index (χ4v) is 2.77. The second kappa shape index (κ2) is 7.00. The van der Waals surface area contributed by atoms with Crippen molar-refractivity contribution in [1.29, 1.82) is 0 Å². The molecule has 3 nitrogen and oxygen atoms in total. The summed E-state index contributed by atoms with van der Waals surface area (Å²) >= 11 is 0. The Morgan fingerprint density at radius 3 is 2.50 bits per heavy atom. The Morgan fingerprint density at radius 1 is 1.35 bits per heavy atom. The first-order valence-corrected chi connectivity index (χ1v) is 7.61. The molecule has 1 atom stereocenters. The number of carbonyl (C=O) groups is 1. The molecule has 0 heterocycles. The van der Waals surface area contributed by atoms with Crippen LogP contribution in [0, 0.1) is 6.92 Å². The largest absolute Gasteiger partial charge is 0.396 e. The van der Waals surface area contributed by atoms with Gasteiger partial charge in [0, 0.05) is 24.8 Å². The number of aryl methyl sites for hydroxylation is 1. The zero-order valence-electron chi connectivity index (χ0n) is 12.5. The van der Waals surface area contributed by atoms with E-state index in [9.17, 15) is 4.79 Å². The molecule has 0 saturated heterocycles. The van der Waals surface area contributed by atoms with Crippen molar-refractivity contribution in [2.45, 2.75) is 51.6 Å². The van der Waals surface area contributed by atoms with Gasteiger partial charge in [-0.15, -0.1) is 0 Å². The molecule has 1 N–H and O–H groups in total. The smallest absolute Gasteiger partial charge is 0.179 e. The highest BCUT2D eigenvalue weighted by Gasteiger charge is 2.31. The van der Waals surface area contributed by atoms with E-state index in [1.807, 2.05) is 38.1 Å². The maximum absolute atomic E-state index is 12.6. The number of ketones is 1. The lowest BCUT2D eigenvalue weighted by molar-refractivity contribution is 0.0585. The molecule has 3 heteroatoms. The van der Waals surface area contributed by atoms with E-state index in [1.165, 1.54) is 24.8 Å². The Balaban J connectivity index is 2.07. The van der Waals surface area contributed by atoms with Gasteiger partial charge in [-0.3, -0.25) is 9.69 Å². The second-order valence-electron chi connectivity index (χ2n) is 5.81. The van der Waals surface area contributed by atoms with E-state index in [0.717, 1.165) is 18.5 Å². The summed E-state index contributed by atoms with van der Waals surface area (Å²) in [5.74, 6) is 0.190. The number of aliphatic hydroxyl groups excluding tert-OH is 1. The molecule has 1 aromatic rings. The molecular weight excluding hydrogens is 250 g/mol. The summed E-state index contributed by atoms with van der Waals surface area (Å²) in [4.78, 5) is 14.9. The summed E-state index contributed by atoms with van der Waals surface area (Å²) in [5.41, 5.74) is 1.96. The summed E-state index contributed by atoms with van der Waals surface area (Å²) < 4.78 is 0. The van der Waals surface area contributed by atoms with Gasteiger partial charge in [0.25, 0.3) is 0 Å². The Labute approximate surface area is 121 Å². The van der Waals surface area contributed by atoms with E-state index in [2.05, 4.69) is 4.90 Å². The van der Waals surface area contributed by atoms with Crippen molar-refractivity contribution in [2.75, 3.05) is 13.2 Å². The molecule has 0 radical (unpaired) electrons. The zero-order chi connectivity index (χ0) is 14.5. The fraction of sp³-hybridized carbons (Fsp3) is 0.588. The Bertz CT molecular complexity index is 437. The van der Waals surface area contributed by atoms with E-state index >= 15 is 0 Å². The first kappa shape index (κ1) is 15.2. The standard InChI is InChI=1S/C17H25NO2/c1-13-7-9-15(10-8-13)17(20)14(2)18(11-4-12-19)16-5-3-6-16/h7-10,14,16,19H,3-6,11-12H2,1-2H3. The number of hydrogen-bond acceptors (Lipinski definition) is 3. The van der Waals surface area contributed by atoms with Crippen LogP contribution in [0.15, 0.2) is 24.3 Å². The van der Waals surface area contributed by atoms with Crippen LogP contribution in [0.2, 0.25) is 0 Å². The molecule has 0 aliphatic heterocycles. The quantitative estimate of drug-likeness (QED) is 0.778. The molecule has 2 rings (SSSR count). The average molecular weight is 275 g/mol. The Kier molecular flexibility index (Phi) is 5.32. The van der Waals surface area contributed by atoms with Crippen molar-refractivity contribution in [3.05, 3.63) is 35.4 Å². The van der Waals surface area contributed by atoms with E-state index in [1.54, 1.807) is 0 Å². The molecule has 0 spiro atoms. The van der Waals surface area contributed by atoms with Gasteiger partial charge in [0.2, 0.25) is 0 Å². The first-order chi connectivity index (χ1) is 9.63. The Hall–Kier alpha value is -1.19. The minimum absolute atomic E-state index is 0.102. The molecule has 0 amide bonds. The molecule has 1 unspecified atom stereocenters. The van der Waals surface area contributed by atoms with Crippen LogP contribution in [0.5, 0.6) is 0 Å². The topological polar surface area (TPSA) is 40.5 Å². The predicted molar refractivity (Wildman–Crippen MR) is 81.0 cm³/mol. The van der Waals surface area contributed by atoms with Crippen LogP contribution in [0.1, 0.15) is 48.5 Å². The monoisotopic (exact) mass is 275 g/mol. The number of benzene rings is 1. The fourth-order valence-electron chi connectivity index (χ4n) is 2.77. The Morgan fingerprint density at radius 2 is 2.00 bits per heavy atom. The van der Waals surface area contributed by atoms with E-state index in [-0.39, 0.29) is 18.4 Å². The summed E-state index contributed by atoms with van der Waals surface area (Å²) in [6, 6.07) is 8.22. The van der Waals surface area contributed by atoms with Crippen LogP contribution in [0.4, 0.5) is 0 Å². The van der Waals surface area contributed by atoms with Crippen LogP contribution in [0.25, 0.3) is 0 Å². The number of hydrogen-bond donors (Lipinski definition) is 1. The minimum atomic E-state index is -0.102. The molecule has 1 aromatic carbocycles. The van der Waals surface area contributed by atoms with Crippen molar-refractivity contribution in [3.63, 3.8) is 0 Å². The van der Waals surface area contributed by atoms with E-state index in [0.29, 0.717) is 6.04 Å². The van der Waals surface area contributed by atoms with Crippen LogP contribution >= 0.6 is 0 Å². The van der Waals surface area contributed by atoms with Gasteiger partial charge in [-0.2, -0.15) is 0 Å². The molecular formula is C17H25NO2. The summed E-state index contributed by atoms with van der Waals surface area (Å²) in [6.07, 6.45) is 4.35. The number of aliphatic hydroxyl groups is 1. The molecule has 110 valence electrons. The lowest BCUT2D eigenvalue weighted by Gasteiger charge is -2.40. The van der Waals surface area contributed by atoms with Crippen molar-refractivity contribution >= 4 is 5.78 Å². The lowest BCUT2D eigenvalue weighted by atomic mass is 9.89. The van der Waals surface area contributed by atoms with Gasteiger partial charge in [0.15, 0.2) is 5.78 Å². The second-order valence-corrected chi connectivity index (χ2v) is 5.81. The molecule has 20 heavy (non-hydrogen) atoms. The highest BCUT2D eigenvalue weighted by atomic mass is 16.3. The predicted octanol–water partition coefficient (Wildman–Crippen LogP) is 2.80. The third-order valence-electron chi connectivity index (χ3n) is 4.33. The van der Waals surface area contributed by atoms with Gasteiger partial charge in [-0.25, -0.2) is 0 Å². The lowest BCUT2D eigenvalue weighted by Crippen LogP contribution is -2.49. The van der Waals surface area contributed by atoms with Gasteiger partial charge in [-0.1, -0.05) is 36.2 Å². The molecule has 1 aliphatic carbocycles. The van der Waals surface area contributed by atoms with Crippen molar-refractivity contribution in [1.82, 2.24) is 4.90 Å². The van der Waals surface area contributed by atoms with Crippen molar-refractivity contribution in [3.8, 4) is 0 Å². The number of carbonyl (C=O) groups excluding carboxylic acids is 1. The van der Waals surface area contributed by atoms with Crippen LogP contribution in [-0.4, -0.2) is 41.0 Å². The SMILES string of the molecule is Cc1ccc(C(=O)C(C)N(CCCO)C2CCC2)cc1. The molecule has 0 aromatic heterocycles. The van der Waals surface area contributed by atoms with E-state index < -0.39 is 0 Å². The zero-order valence-corrected chi connectivity index (χ0v) is 12.5. The van der Waals surface area contributed by atoms with Gasteiger partial charge in [-0.05, 0) is 33.1 Å². The highest BCUT2D eigenvalue weighted by molar-refractivity contribution is 5.99. The van der Waals surface area contributed by atoms with Crippen LogP contribution in [0.3, 0.4) is 0 Å². The normalized spacial score (nSPS) is 17.0. The third kappa shape index (κ3) is 3.47. The minimum Gasteiger partial charge on any atom is -0.396 e. The van der Waals surface area contributed by atoms with Crippen LogP contribution < -0.4 is 0 Å². The van der Waals surface area contributed by atoms with Gasteiger partial charge >= 0.3 is 0 Å². The molecule has 1 saturated carbocycles. The summed E-state index contributed by atoms with van der Waals surface area (Å²) in [7, 11) is 0. The number of rotatable bonds is 7. The summed E-state index contributed by atoms with van der Waals surface area (Å²) in [5, 5.41) is 9.04. The van der Waals surface area contributed by atoms with Crippen molar-refractivity contribution in [2.24, 2.45) is 0 Å². The summed E-state index contributed by atoms with van der Waals surface area (Å²) in [6.45, 7) is 5.02. The number of Topliss-reactive ketones (excluding diaryl/α,β-unsaturated/α-hetero) is 1. The average Bonchev–Trinajstić information content (AvgIpc) is 2.40. The van der Waals surface area contributed by atoms with E-state index in [4.69, 9.17) is 5.11 Å². The number of nitrogens with zero attached hydrogens (tertiary/aromatic N) is 1. The first-order valence-electron chi connectivity index (χ1n) is 7.61. The molecule has 0 bridgehead atoms. The maximum Gasteiger partial charge on any atom is 0.179 e. The maximum atomic E-state index is 12.6. The highest BCUT2D eigenvalue weighted by Crippen LogP contribution is 2.27. The van der Waals surface area contributed by atoms with Crippen LogP contribution in [-0.2, 0) is 0 Å². The molecule has 1 fully saturated rings. The van der Waals surface area contributed by atoms with Gasteiger partial charge in [0.05, 0.1) is 6.04 Å². The molecule has 1 aliphatic rings. The third-order valence-corrected chi connectivity index (χ3v) is 4.33.